The summed E-state index contributed by atoms with van der Waals surface area (Å²) in [6.45, 7) is 3.74. The van der Waals surface area contributed by atoms with E-state index in [1.54, 1.807) is 24.4 Å². The van der Waals surface area contributed by atoms with Gasteiger partial charge in [0.2, 0.25) is 10.0 Å². The van der Waals surface area contributed by atoms with E-state index in [0.29, 0.717) is 5.56 Å². The number of rotatable bonds is 5. The standard InChI is InChI=1S/C19H21FN4O2S2/c1-23-8-10-24(11-9-23)19-16-12-18(27-17(16)6-7-21-19)28(25,26)22-13-14-2-4-15(20)5-3-14/h2-7,12,22H,8-11,13H2,1H3. The van der Waals surface area contributed by atoms with Gasteiger partial charge in [-0.1, -0.05) is 12.1 Å². The molecule has 2 aromatic heterocycles. The number of sulfonamides is 1. The number of hydrogen-bond donors (Lipinski definition) is 1. The fourth-order valence-electron chi connectivity index (χ4n) is 3.18. The minimum Gasteiger partial charge on any atom is -0.354 e. The van der Waals surface area contributed by atoms with Crippen molar-refractivity contribution in [2.75, 3.05) is 38.1 Å². The van der Waals surface area contributed by atoms with Gasteiger partial charge in [0.25, 0.3) is 0 Å². The predicted molar refractivity (Wildman–Crippen MR) is 110 cm³/mol. The number of pyridine rings is 1. The minimum atomic E-state index is -3.67. The number of halogens is 1. The van der Waals surface area contributed by atoms with Crippen LogP contribution in [0.3, 0.4) is 0 Å². The third kappa shape index (κ3) is 4.02. The number of benzene rings is 1. The Balaban J connectivity index is 1.58. The number of thiophene rings is 1. The van der Waals surface area contributed by atoms with E-state index in [9.17, 15) is 12.8 Å². The summed E-state index contributed by atoms with van der Waals surface area (Å²) in [5.74, 6) is 0.488. The highest BCUT2D eigenvalue weighted by molar-refractivity contribution is 7.91. The molecule has 3 aromatic rings. The molecule has 0 aliphatic carbocycles. The normalized spacial score (nSPS) is 16.0. The van der Waals surface area contributed by atoms with Crippen LogP contribution in [0, 0.1) is 5.82 Å². The first-order chi connectivity index (χ1) is 13.4. The number of nitrogens with zero attached hydrogens (tertiary/aromatic N) is 3. The molecule has 9 heteroatoms. The second kappa shape index (κ2) is 7.75. The Morgan fingerprint density at radius 2 is 1.86 bits per heavy atom. The third-order valence-electron chi connectivity index (χ3n) is 4.85. The Morgan fingerprint density at radius 1 is 1.14 bits per heavy atom. The predicted octanol–water partition coefficient (Wildman–Crippen LogP) is 2.67. The quantitative estimate of drug-likeness (QED) is 0.688. The smallest absolute Gasteiger partial charge is 0.250 e. The summed E-state index contributed by atoms with van der Waals surface area (Å²) in [6, 6.07) is 9.32. The summed E-state index contributed by atoms with van der Waals surface area (Å²) in [6.07, 6.45) is 1.73. The van der Waals surface area contributed by atoms with Crippen molar-refractivity contribution >= 4 is 37.3 Å². The monoisotopic (exact) mass is 420 g/mol. The van der Waals surface area contributed by atoms with Crippen LogP contribution in [0.5, 0.6) is 0 Å². The zero-order valence-corrected chi connectivity index (χ0v) is 17.1. The van der Waals surface area contributed by atoms with E-state index in [-0.39, 0.29) is 16.6 Å². The first-order valence-electron chi connectivity index (χ1n) is 8.98. The van der Waals surface area contributed by atoms with Gasteiger partial charge < -0.3 is 9.80 Å². The minimum absolute atomic E-state index is 0.112. The van der Waals surface area contributed by atoms with Gasteiger partial charge in [-0.05, 0) is 36.9 Å². The fourth-order valence-corrected chi connectivity index (χ4v) is 5.62. The second-order valence-electron chi connectivity index (χ2n) is 6.85. The van der Waals surface area contributed by atoms with Gasteiger partial charge in [0.05, 0.1) is 0 Å². The molecule has 4 rings (SSSR count). The van der Waals surface area contributed by atoms with Crippen molar-refractivity contribution in [2.24, 2.45) is 0 Å². The van der Waals surface area contributed by atoms with Crippen molar-refractivity contribution in [3.05, 3.63) is 54.0 Å². The van der Waals surface area contributed by atoms with Gasteiger partial charge in [-0.3, -0.25) is 0 Å². The molecule has 0 atom stereocenters. The molecule has 0 amide bonds. The topological polar surface area (TPSA) is 65.5 Å². The molecule has 28 heavy (non-hydrogen) atoms. The van der Waals surface area contributed by atoms with Crippen molar-refractivity contribution in [2.45, 2.75) is 10.8 Å². The van der Waals surface area contributed by atoms with Gasteiger partial charge in [0.15, 0.2) is 0 Å². The van der Waals surface area contributed by atoms with E-state index >= 15 is 0 Å². The second-order valence-corrected chi connectivity index (χ2v) is 9.93. The number of anilines is 1. The van der Waals surface area contributed by atoms with Crippen LogP contribution in [0.2, 0.25) is 0 Å². The molecule has 1 fully saturated rings. The molecule has 6 nitrogen and oxygen atoms in total. The molecular formula is C19H21FN4O2S2. The Bertz CT molecular complexity index is 1080. The van der Waals surface area contributed by atoms with E-state index in [4.69, 9.17) is 0 Å². The Morgan fingerprint density at radius 3 is 2.57 bits per heavy atom. The molecule has 0 bridgehead atoms. The molecule has 1 aliphatic heterocycles. The summed E-state index contributed by atoms with van der Waals surface area (Å²) in [4.78, 5) is 8.99. The molecule has 1 N–H and O–H groups in total. The molecule has 0 radical (unpaired) electrons. The maximum absolute atomic E-state index is 13.0. The summed E-state index contributed by atoms with van der Waals surface area (Å²) in [5.41, 5.74) is 0.700. The number of nitrogens with one attached hydrogen (secondary N) is 1. The zero-order chi connectivity index (χ0) is 19.7. The van der Waals surface area contributed by atoms with E-state index < -0.39 is 10.0 Å². The number of piperazine rings is 1. The molecule has 1 aromatic carbocycles. The zero-order valence-electron chi connectivity index (χ0n) is 15.4. The summed E-state index contributed by atoms with van der Waals surface area (Å²) >= 11 is 1.23. The lowest BCUT2D eigenvalue weighted by Gasteiger charge is -2.33. The largest absolute Gasteiger partial charge is 0.354 e. The number of hydrogen-bond acceptors (Lipinski definition) is 6. The van der Waals surface area contributed by atoms with Gasteiger partial charge in [-0.2, -0.15) is 0 Å². The molecule has 0 saturated carbocycles. The molecular weight excluding hydrogens is 399 g/mol. The van der Waals surface area contributed by atoms with Gasteiger partial charge in [0.1, 0.15) is 15.8 Å². The summed E-state index contributed by atoms with van der Waals surface area (Å²) < 4.78 is 42.3. The van der Waals surface area contributed by atoms with Crippen LogP contribution >= 0.6 is 11.3 Å². The lowest BCUT2D eigenvalue weighted by Crippen LogP contribution is -2.44. The van der Waals surface area contributed by atoms with E-state index in [1.807, 2.05) is 6.07 Å². The molecule has 3 heterocycles. The van der Waals surface area contributed by atoms with Crippen molar-refractivity contribution in [3.8, 4) is 0 Å². The molecule has 0 spiro atoms. The highest BCUT2D eigenvalue weighted by Gasteiger charge is 2.22. The van der Waals surface area contributed by atoms with Crippen molar-refractivity contribution in [1.82, 2.24) is 14.6 Å². The lowest BCUT2D eigenvalue weighted by molar-refractivity contribution is 0.312. The van der Waals surface area contributed by atoms with Crippen LogP contribution in [-0.4, -0.2) is 51.5 Å². The summed E-state index contributed by atoms with van der Waals surface area (Å²) in [5, 5.41) is 0.860. The van der Waals surface area contributed by atoms with Crippen LogP contribution in [0.25, 0.3) is 10.1 Å². The fraction of sp³-hybridized carbons (Fsp3) is 0.316. The van der Waals surface area contributed by atoms with E-state index in [0.717, 1.165) is 42.1 Å². The molecule has 148 valence electrons. The molecule has 1 aliphatic rings. The van der Waals surface area contributed by atoms with Gasteiger partial charge in [-0.25, -0.2) is 22.5 Å². The number of fused-ring (bicyclic) bond motifs is 1. The average molecular weight is 421 g/mol. The van der Waals surface area contributed by atoms with Crippen LogP contribution in [0.4, 0.5) is 10.2 Å². The van der Waals surface area contributed by atoms with Crippen molar-refractivity contribution in [1.29, 1.82) is 0 Å². The van der Waals surface area contributed by atoms with Crippen LogP contribution in [0.15, 0.2) is 46.8 Å². The number of likely N-dealkylation sites (N-methyl/N-ethyl adjacent to an activating group) is 1. The SMILES string of the molecule is CN1CCN(c2nccc3sc(S(=O)(=O)NCc4ccc(F)cc4)cc23)CC1. The Labute approximate surface area is 167 Å². The first kappa shape index (κ1) is 19.3. The Hall–Kier alpha value is -2.07. The van der Waals surface area contributed by atoms with E-state index in [2.05, 4.69) is 26.6 Å². The third-order valence-corrected chi connectivity index (χ3v) is 7.82. The van der Waals surface area contributed by atoms with E-state index in [1.165, 1.54) is 23.5 Å². The lowest BCUT2D eigenvalue weighted by atomic mass is 10.2. The maximum atomic E-state index is 13.0. The highest BCUT2D eigenvalue weighted by atomic mass is 32.2. The van der Waals surface area contributed by atoms with Crippen molar-refractivity contribution < 1.29 is 12.8 Å². The Kier molecular flexibility index (Phi) is 5.33. The van der Waals surface area contributed by atoms with Crippen LogP contribution in [0.1, 0.15) is 5.56 Å². The molecule has 0 unspecified atom stereocenters. The summed E-state index contributed by atoms with van der Waals surface area (Å²) in [7, 11) is -1.58. The maximum Gasteiger partial charge on any atom is 0.250 e. The van der Waals surface area contributed by atoms with Crippen LogP contribution < -0.4 is 9.62 Å². The van der Waals surface area contributed by atoms with Gasteiger partial charge >= 0.3 is 0 Å². The molecule has 1 saturated heterocycles. The van der Waals surface area contributed by atoms with Crippen molar-refractivity contribution in [3.63, 3.8) is 0 Å². The highest BCUT2D eigenvalue weighted by Crippen LogP contribution is 2.34. The van der Waals surface area contributed by atoms with Gasteiger partial charge in [-0.15, -0.1) is 11.3 Å². The van der Waals surface area contributed by atoms with Gasteiger partial charge in [0, 0.05) is 49.0 Å². The average Bonchev–Trinajstić information content (AvgIpc) is 3.14. The van der Waals surface area contributed by atoms with Crippen LogP contribution in [-0.2, 0) is 16.6 Å². The first-order valence-corrected chi connectivity index (χ1v) is 11.3. The number of aromatic nitrogens is 1.